The van der Waals surface area contributed by atoms with E-state index in [9.17, 15) is 9.18 Å². The van der Waals surface area contributed by atoms with Crippen LogP contribution < -0.4 is 4.74 Å². The molecule has 6 heteroatoms. The minimum Gasteiger partial charge on any atom is -0.407 e. The SMILES string of the molecule is O=C(Oc1ccc(Cl)cc1F)N1CCOCC1. The van der Waals surface area contributed by atoms with Crippen molar-refractivity contribution in [1.82, 2.24) is 4.90 Å². The number of ether oxygens (including phenoxy) is 2. The maximum Gasteiger partial charge on any atom is 0.415 e. The van der Waals surface area contributed by atoms with Gasteiger partial charge < -0.3 is 14.4 Å². The molecule has 0 aliphatic carbocycles. The van der Waals surface area contributed by atoms with Gasteiger partial charge in [0.15, 0.2) is 11.6 Å². The molecule has 0 saturated carbocycles. The summed E-state index contributed by atoms with van der Waals surface area (Å²) in [7, 11) is 0. The van der Waals surface area contributed by atoms with E-state index in [2.05, 4.69) is 0 Å². The van der Waals surface area contributed by atoms with E-state index < -0.39 is 11.9 Å². The molecule has 0 bridgehead atoms. The minimum atomic E-state index is -0.654. The van der Waals surface area contributed by atoms with Crippen LogP contribution >= 0.6 is 11.6 Å². The van der Waals surface area contributed by atoms with Gasteiger partial charge in [0.25, 0.3) is 0 Å². The maximum atomic E-state index is 13.4. The van der Waals surface area contributed by atoms with E-state index in [0.29, 0.717) is 26.3 Å². The third kappa shape index (κ3) is 3.08. The van der Waals surface area contributed by atoms with E-state index >= 15 is 0 Å². The van der Waals surface area contributed by atoms with Crippen molar-refractivity contribution in [1.29, 1.82) is 0 Å². The summed E-state index contributed by atoms with van der Waals surface area (Å²) in [6.07, 6.45) is -0.575. The molecule has 0 N–H and O–H groups in total. The van der Waals surface area contributed by atoms with E-state index in [4.69, 9.17) is 21.1 Å². The van der Waals surface area contributed by atoms with Crippen molar-refractivity contribution in [3.05, 3.63) is 29.0 Å². The lowest BCUT2D eigenvalue weighted by molar-refractivity contribution is 0.0412. The minimum absolute atomic E-state index is 0.120. The number of morpholine rings is 1. The highest BCUT2D eigenvalue weighted by Gasteiger charge is 2.19. The first kappa shape index (κ1) is 12.1. The lowest BCUT2D eigenvalue weighted by atomic mass is 10.3. The molecule has 1 fully saturated rings. The van der Waals surface area contributed by atoms with E-state index in [-0.39, 0.29) is 10.8 Å². The molecule has 0 spiro atoms. The van der Waals surface area contributed by atoms with E-state index in [0.717, 1.165) is 6.07 Å². The summed E-state index contributed by atoms with van der Waals surface area (Å²) >= 11 is 5.59. The van der Waals surface area contributed by atoms with Crippen molar-refractivity contribution in [2.24, 2.45) is 0 Å². The quantitative estimate of drug-likeness (QED) is 0.777. The Kier molecular flexibility index (Phi) is 3.81. The molecule has 4 nitrogen and oxygen atoms in total. The zero-order valence-corrected chi connectivity index (χ0v) is 9.74. The molecule has 1 aliphatic rings. The van der Waals surface area contributed by atoms with Gasteiger partial charge >= 0.3 is 6.09 Å². The second-order valence-electron chi connectivity index (χ2n) is 3.54. The van der Waals surface area contributed by atoms with Gasteiger partial charge in [0.05, 0.1) is 13.2 Å². The fourth-order valence-corrected chi connectivity index (χ4v) is 1.62. The molecular weight excluding hydrogens is 249 g/mol. The average molecular weight is 260 g/mol. The topological polar surface area (TPSA) is 38.8 Å². The second-order valence-corrected chi connectivity index (χ2v) is 3.98. The highest BCUT2D eigenvalue weighted by Crippen LogP contribution is 2.21. The summed E-state index contributed by atoms with van der Waals surface area (Å²) < 4.78 is 23.4. The standard InChI is InChI=1S/C11H11ClFNO3/c12-8-1-2-10(9(13)7-8)17-11(15)14-3-5-16-6-4-14/h1-2,7H,3-6H2. The van der Waals surface area contributed by atoms with Crippen LogP contribution in [-0.4, -0.2) is 37.3 Å². The highest BCUT2D eigenvalue weighted by atomic mass is 35.5. The number of hydrogen-bond donors (Lipinski definition) is 0. The van der Waals surface area contributed by atoms with Crippen LogP contribution in [0.15, 0.2) is 18.2 Å². The van der Waals surface area contributed by atoms with Crippen LogP contribution in [-0.2, 0) is 4.74 Å². The molecule has 1 aliphatic heterocycles. The summed E-state index contributed by atoms with van der Waals surface area (Å²) in [5.74, 6) is -0.773. The summed E-state index contributed by atoms with van der Waals surface area (Å²) in [5, 5.41) is 0.258. The Morgan fingerprint density at radius 3 is 2.76 bits per heavy atom. The van der Waals surface area contributed by atoms with E-state index in [1.54, 1.807) is 0 Å². The Morgan fingerprint density at radius 2 is 2.12 bits per heavy atom. The fraction of sp³-hybridized carbons (Fsp3) is 0.364. The van der Waals surface area contributed by atoms with Crippen molar-refractivity contribution in [2.45, 2.75) is 0 Å². The van der Waals surface area contributed by atoms with Crippen molar-refractivity contribution in [2.75, 3.05) is 26.3 Å². The van der Waals surface area contributed by atoms with Gasteiger partial charge in [-0.3, -0.25) is 0 Å². The lowest BCUT2D eigenvalue weighted by Crippen LogP contribution is -2.42. The summed E-state index contributed by atoms with van der Waals surface area (Å²) in [6.45, 7) is 1.85. The molecular formula is C11H11ClFNO3. The van der Waals surface area contributed by atoms with Gasteiger partial charge in [-0.1, -0.05) is 11.6 Å². The molecule has 0 radical (unpaired) electrons. The second kappa shape index (κ2) is 5.33. The predicted octanol–water partition coefficient (Wildman–Crippen LogP) is 2.31. The number of carbonyl (C=O) groups excluding carboxylic acids is 1. The first-order valence-corrected chi connectivity index (χ1v) is 5.54. The summed E-state index contributed by atoms with van der Waals surface area (Å²) in [5.41, 5.74) is 0. The smallest absolute Gasteiger partial charge is 0.407 e. The van der Waals surface area contributed by atoms with Crippen LogP contribution in [0, 0.1) is 5.82 Å². The van der Waals surface area contributed by atoms with Crippen LogP contribution in [0.4, 0.5) is 9.18 Å². The molecule has 1 aromatic carbocycles. The third-order valence-corrected chi connectivity index (χ3v) is 2.60. The average Bonchev–Trinajstić information content (AvgIpc) is 2.34. The number of benzene rings is 1. The van der Waals surface area contributed by atoms with Crippen molar-refractivity contribution in [3.63, 3.8) is 0 Å². The zero-order valence-electron chi connectivity index (χ0n) is 8.99. The van der Waals surface area contributed by atoms with Gasteiger partial charge in [0, 0.05) is 18.1 Å². The molecule has 0 aromatic heterocycles. The van der Waals surface area contributed by atoms with Crippen molar-refractivity contribution in [3.8, 4) is 5.75 Å². The molecule has 1 aromatic rings. The largest absolute Gasteiger partial charge is 0.415 e. The highest BCUT2D eigenvalue weighted by molar-refractivity contribution is 6.30. The molecule has 1 saturated heterocycles. The molecule has 1 amide bonds. The Morgan fingerprint density at radius 1 is 1.41 bits per heavy atom. The van der Waals surface area contributed by atoms with Gasteiger partial charge in [0.1, 0.15) is 0 Å². The maximum absolute atomic E-state index is 13.4. The Bertz CT molecular complexity index is 421. The van der Waals surface area contributed by atoms with Gasteiger partial charge in [-0.2, -0.15) is 0 Å². The van der Waals surface area contributed by atoms with E-state index in [1.165, 1.54) is 17.0 Å². The summed E-state index contributed by atoms with van der Waals surface area (Å²) in [4.78, 5) is 13.1. The van der Waals surface area contributed by atoms with Crippen LogP contribution in [0.25, 0.3) is 0 Å². The number of nitrogens with zero attached hydrogens (tertiary/aromatic N) is 1. The zero-order chi connectivity index (χ0) is 12.3. The Labute approximate surface area is 103 Å². The number of halogens is 2. The number of carbonyl (C=O) groups is 1. The van der Waals surface area contributed by atoms with Gasteiger partial charge in [-0.25, -0.2) is 9.18 Å². The molecule has 1 heterocycles. The molecule has 0 unspecified atom stereocenters. The van der Waals surface area contributed by atoms with Crippen LogP contribution in [0.3, 0.4) is 0 Å². The molecule has 2 rings (SSSR count). The Balaban J connectivity index is 2.02. The van der Waals surface area contributed by atoms with Crippen LogP contribution in [0.2, 0.25) is 5.02 Å². The number of rotatable bonds is 1. The van der Waals surface area contributed by atoms with Crippen molar-refractivity contribution >= 4 is 17.7 Å². The van der Waals surface area contributed by atoms with E-state index in [1.807, 2.05) is 0 Å². The first-order chi connectivity index (χ1) is 8.16. The van der Waals surface area contributed by atoms with Crippen molar-refractivity contribution < 1.29 is 18.7 Å². The molecule has 17 heavy (non-hydrogen) atoms. The first-order valence-electron chi connectivity index (χ1n) is 5.16. The monoisotopic (exact) mass is 259 g/mol. The van der Waals surface area contributed by atoms with Gasteiger partial charge in [-0.05, 0) is 18.2 Å². The number of amides is 1. The molecule has 92 valence electrons. The van der Waals surface area contributed by atoms with Crippen LogP contribution in [0.5, 0.6) is 5.75 Å². The van der Waals surface area contributed by atoms with Gasteiger partial charge in [0.2, 0.25) is 0 Å². The number of hydrogen-bond acceptors (Lipinski definition) is 3. The third-order valence-electron chi connectivity index (χ3n) is 2.36. The van der Waals surface area contributed by atoms with Gasteiger partial charge in [-0.15, -0.1) is 0 Å². The fourth-order valence-electron chi connectivity index (χ4n) is 1.46. The van der Waals surface area contributed by atoms with Crippen LogP contribution in [0.1, 0.15) is 0 Å². The Hall–Kier alpha value is -1.33. The normalized spacial score (nSPS) is 15.8. The summed E-state index contributed by atoms with van der Waals surface area (Å²) in [6, 6.07) is 3.89. The lowest BCUT2D eigenvalue weighted by Gasteiger charge is -2.25. The molecule has 0 atom stereocenters. The predicted molar refractivity (Wildman–Crippen MR) is 59.8 cm³/mol.